The molecule has 6 rings (SSSR count). The zero-order valence-electron chi connectivity index (χ0n) is 23.7. The maximum atomic E-state index is 13.3. The fourth-order valence-corrected chi connectivity index (χ4v) is 9.33. The van der Waals surface area contributed by atoms with Crippen molar-refractivity contribution >= 4 is 38.3 Å². The van der Waals surface area contributed by atoms with Crippen molar-refractivity contribution in [2.75, 3.05) is 5.32 Å². The molecule has 41 heavy (non-hydrogen) atoms. The molecular weight excluding hydrogens is 556 g/mol. The first-order valence-corrected chi connectivity index (χ1v) is 16.7. The summed E-state index contributed by atoms with van der Waals surface area (Å²) in [6, 6.07) is 12.3. The van der Waals surface area contributed by atoms with E-state index in [2.05, 4.69) is 17.2 Å². The van der Waals surface area contributed by atoms with Gasteiger partial charge in [-0.25, -0.2) is 4.98 Å². The monoisotopic (exact) mass is 592 g/mol. The maximum absolute atomic E-state index is 13.3. The van der Waals surface area contributed by atoms with Crippen LogP contribution in [0.5, 0.6) is 5.75 Å². The van der Waals surface area contributed by atoms with Crippen LogP contribution in [-0.2, 0) is 26.1 Å². The zero-order chi connectivity index (χ0) is 28.9. The van der Waals surface area contributed by atoms with Crippen LogP contribution in [0.25, 0.3) is 0 Å². The first kappa shape index (κ1) is 28.1. The van der Waals surface area contributed by atoms with Crippen LogP contribution in [0.4, 0.5) is 5.13 Å². The van der Waals surface area contributed by atoms with Gasteiger partial charge in [0.15, 0.2) is 5.13 Å². The number of hydrogen-bond donors (Lipinski definition) is 1. The van der Waals surface area contributed by atoms with Crippen molar-refractivity contribution in [3.63, 3.8) is 0 Å². The Balaban J connectivity index is 1.18. The number of Topliss-reactive ketones (excluding diaryl/α,β-unsaturated/α-hetero) is 1. The highest BCUT2D eigenvalue weighted by atomic mass is 32.2. The number of thiazole rings is 1. The molecule has 0 radical (unpaired) electrons. The topological polar surface area (TPSA) is 102 Å². The molecule has 216 valence electrons. The van der Waals surface area contributed by atoms with Gasteiger partial charge < -0.3 is 9.50 Å². The fourth-order valence-electron chi connectivity index (χ4n) is 7.73. The summed E-state index contributed by atoms with van der Waals surface area (Å²) in [5.41, 5.74) is 3.03. The Bertz CT molecular complexity index is 1600. The van der Waals surface area contributed by atoms with E-state index in [0.717, 1.165) is 41.7 Å². The first-order valence-electron chi connectivity index (χ1n) is 14.4. The van der Waals surface area contributed by atoms with Gasteiger partial charge >= 0.3 is 10.1 Å². The molecular formula is C32H36N2O5S2. The van der Waals surface area contributed by atoms with E-state index < -0.39 is 10.1 Å². The van der Waals surface area contributed by atoms with Gasteiger partial charge in [0.25, 0.3) is 0 Å². The Labute approximate surface area is 245 Å². The first-order chi connectivity index (χ1) is 19.5. The Morgan fingerprint density at radius 3 is 2.66 bits per heavy atom. The van der Waals surface area contributed by atoms with Crippen molar-refractivity contribution in [3.8, 4) is 5.75 Å². The summed E-state index contributed by atoms with van der Waals surface area (Å²) in [5, 5.41) is 3.53. The number of anilines is 1. The lowest BCUT2D eigenvalue weighted by atomic mass is 9.54. The molecule has 3 aromatic rings. The summed E-state index contributed by atoms with van der Waals surface area (Å²) in [5.74, 6) is 1.75. The summed E-state index contributed by atoms with van der Waals surface area (Å²) in [4.78, 5) is 31.5. The van der Waals surface area contributed by atoms with E-state index in [4.69, 9.17) is 4.18 Å². The Morgan fingerprint density at radius 2 is 1.93 bits per heavy atom. The standard InChI is InChI=1S/C32H36N2O5S2/c1-19-4-9-24(10-5-19)41(37,38)39-23-8-12-25-21(16-23)6-11-27-26(25)14-15-32(3)28(35)17-22(30(27)32)7-13-29(36)34-31-33-18-20(2)40-31/h4-5,8-10,12,16,18,22,26-27,30H,6-7,11,13-15,17H2,1-3H3,(H,33,34,36). The van der Waals surface area contributed by atoms with Crippen LogP contribution in [0.2, 0.25) is 0 Å². The lowest BCUT2D eigenvalue weighted by Crippen LogP contribution is -2.44. The molecule has 1 amide bonds. The largest absolute Gasteiger partial charge is 0.379 e. The van der Waals surface area contributed by atoms with Crippen molar-refractivity contribution in [2.45, 2.75) is 76.5 Å². The van der Waals surface area contributed by atoms with Crippen LogP contribution in [0, 0.1) is 37.0 Å². The third kappa shape index (κ3) is 5.34. The van der Waals surface area contributed by atoms with Crippen LogP contribution in [0.3, 0.4) is 0 Å². The van der Waals surface area contributed by atoms with Gasteiger partial charge in [-0.15, -0.1) is 11.3 Å². The van der Waals surface area contributed by atoms with Crippen LogP contribution < -0.4 is 9.50 Å². The van der Waals surface area contributed by atoms with Gasteiger partial charge in [0.2, 0.25) is 5.91 Å². The number of nitrogens with one attached hydrogen (secondary N) is 1. The molecule has 7 nitrogen and oxygen atoms in total. The number of hydrogen-bond acceptors (Lipinski definition) is 7. The van der Waals surface area contributed by atoms with Crippen LogP contribution in [0.1, 0.15) is 72.9 Å². The molecule has 3 aliphatic rings. The summed E-state index contributed by atoms with van der Waals surface area (Å²) >= 11 is 1.46. The maximum Gasteiger partial charge on any atom is 0.339 e. The van der Waals surface area contributed by atoms with E-state index in [1.807, 2.05) is 26.0 Å². The average molecular weight is 593 g/mol. The predicted octanol–water partition coefficient (Wildman–Crippen LogP) is 6.60. The number of aryl methyl sites for hydroxylation is 3. The number of ketones is 1. The zero-order valence-corrected chi connectivity index (χ0v) is 25.3. The third-order valence-corrected chi connectivity index (χ3v) is 11.8. The van der Waals surface area contributed by atoms with Gasteiger partial charge in [-0.3, -0.25) is 9.59 Å². The molecule has 5 atom stereocenters. The average Bonchev–Trinajstić information content (AvgIpc) is 3.46. The van der Waals surface area contributed by atoms with Gasteiger partial charge in [0.05, 0.1) is 0 Å². The molecule has 5 unspecified atom stereocenters. The molecule has 2 saturated carbocycles. The fraction of sp³-hybridized carbons (Fsp3) is 0.469. The van der Waals surface area contributed by atoms with E-state index in [9.17, 15) is 18.0 Å². The van der Waals surface area contributed by atoms with Crippen molar-refractivity contribution < 1.29 is 22.2 Å². The lowest BCUT2D eigenvalue weighted by Gasteiger charge is -2.50. The molecule has 2 aromatic carbocycles. The third-order valence-electron chi connectivity index (χ3n) is 9.67. The second-order valence-corrected chi connectivity index (χ2v) is 15.0. The van der Waals surface area contributed by atoms with Crippen LogP contribution in [-0.4, -0.2) is 25.1 Å². The van der Waals surface area contributed by atoms with E-state index >= 15 is 0 Å². The number of carbonyl (C=O) groups excluding carboxylic acids is 2. The van der Waals surface area contributed by atoms with Gasteiger partial charge in [-0.1, -0.05) is 30.7 Å². The number of fused-ring (bicyclic) bond motifs is 5. The molecule has 1 heterocycles. The normalized spacial score (nSPS) is 27.0. The highest BCUT2D eigenvalue weighted by molar-refractivity contribution is 7.87. The molecule has 9 heteroatoms. The number of aromatic nitrogens is 1. The summed E-state index contributed by atoms with van der Waals surface area (Å²) < 4.78 is 31.3. The van der Waals surface area contributed by atoms with E-state index in [1.54, 1.807) is 36.5 Å². The number of benzene rings is 2. The molecule has 2 fully saturated rings. The molecule has 0 bridgehead atoms. The Morgan fingerprint density at radius 1 is 1.15 bits per heavy atom. The minimum absolute atomic E-state index is 0.0464. The molecule has 0 spiro atoms. The number of amides is 1. The Kier molecular flexibility index (Phi) is 7.30. The number of carbonyl (C=O) groups is 2. The highest BCUT2D eigenvalue weighted by Crippen LogP contribution is 2.62. The predicted molar refractivity (Wildman–Crippen MR) is 159 cm³/mol. The number of nitrogens with zero attached hydrogens (tertiary/aromatic N) is 1. The van der Waals surface area contributed by atoms with Crippen molar-refractivity contribution in [1.29, 1.82) is 0 Å². The van der Waals surface area contributed by atoms with Crippen molar-refractivity contribution in [3.05, 3.63) is 70.2 Å². The highest BCUT2D eigenvalue weighted by Gasteiger charge is 2.58. The second kappa shape index (κ2) is 10.7. The Hall–Kier alpha value is -3.04. The minimum Gasteiger partial charge on any atom is -0.379 e. The quantitative estimate of drug-likeness (QED) is 0.310. The van der Waals surface area contributed by atoms with Gasteiger partial charge in [0.1, 0.15) is 16.4 Å². The summed E-state index contributed by atoms with van der Waals surface area (Å²) in [7, 11) is -3.92. The van der Waals surface area contributed by atoms with Crippen LogP contribution in [0.15, 0.2) is 53.6 Å². The molecule has 0 saturated heterocycles. The summed E-state index contributed by atoms with van der Waals surface area (Å²) in [6.07, 6.45) is 6.92. The number of rotatable bonds is 7. The van der Waals surface area contributed by atoms with Gasteiger partial charge in [-0.05, 0) is 105 Å². The van der Waals surface area contributed by atoms with Crippen LogP contribution >= 0.6 is 11.3 Å². The van der Waals surface area contributed by atoms with Crippen molar-refractivity contribution in [1.82, 2.24) is 4.98 Å². The SMILES string of the molecule is Cc1ccc(S(=O)(=O)Oc2ccc3c(c2)CCC2C3CCC3(C)C(=O)CC(CCC(=O)Nc4ncc(C)s4)C23)cc1. The molecule has 0 aliphatic heterocycles. The smallest absolute Gasteiger partial charge is 0.339 e. The van der Waals surface area contributed by atoms with E-state index in [0.29, 0.717) is 47.8 Å². The van der Waals surface area contributed by atoms with E-state index in [-0.39, 0.29) is 28.1 Å². The van der Waals surface area contributed by atoms with Gasteiger partial charge in [0, 0.05) is 29.3 Å². The minimum atomic E-state index is -3.92. The van der Waals surface area contributed by atoms with Gasteiger partial charge in [-0.2, -0.15) is 8.42 Å². The summed E-state index contributed by atoms with van der Waals surface area (Å²) in [6.45, 7) is 6.02. The molecule has 1 N–H and O–H groups in total. The lowest BCUT2D eigenvalue weighted by molar-refractivity contribution is -0.129. The van der Waals surface area contributed by atoms with E-state index in [1.165, 1.54) is 16.9 Å². The molecule has 3 aliphatic carbocycles. The second-order valence-electron chi connectivity index (χ2n) is 12.3. The molecule has 1 aromatic heterocycles. The van der Waals surface area contributed by atoms with Crippen molar-refractivity contribution in [2.24, 2.45) is 23.2 Å².